The van der Waals surface area contributed by atoms with Gasteiger partial charge in [-0.05, 0) is 12.1 Å². The summed E-state index contributed by atoms with van der Waals surface area (Å²) in [6.07, 6.45) is 0.871. The Bertz CT molecular complexity index is 967. The molecule has 0 atom stereocenters. The highest BCUT2D eigenvalue weighted by Gasteiger charge is 2.19. The van der Waals surface area contributed by atoms with Gasteiger partial charge in [0.15, 0.2) is 0 Å². The van der Waals surface area contributed by atoms with Gasteiger partial charge in [-0.25, -0.2) is 0 Å². The molecule has 14 heteroatoms. The van der Waals surface area contributed by atoms with Gasteiger partial charge in [0.25, 0.3) is 11.4 Å². The van der Waals surface area contributed by atoms with E-state index in [1.165, 1.54) is 0 Å². The minimum Gasteiger partial charge on any atom is -0.434 e. The van der Waals surface area contributed by atoms with Crippen LogP contribution < -0.4 is 10.2 Å². The van der Waals surface area contributed by atoms with Gasteiger partial charge >= 0.3 is 12.3 Å². The summed E-state index contributed by atoms with van der Waals surface area (Å²) in [4.78, 5) is 30.1. The first kappa shape index (κ1) is 20.1. The largest absolute Gasteiger partial charge is 0.434 e. The molecule has 0 bridgehead atoms. The minimum atomic E-state index is -3.20. The number of hydrazone groups is 1. The minimum absolute atomic E-state index is 0.202. The molecule has 0 heterocycles. The third-order valence-corrected chi connectivity index (χ3v) is 3.20. The number of nitrogens with zero attached hydrogens (tertiary/aromatic N) is 4. The van der Waals surface area contributed by atoms with Gasteiger partial charge in [0, 0.05) is 23.8 Å². The van der Waals surface area contributed by atoms with E-state index >= 15 is 0 Å². The molecule has 12 nitrogen and oxygen atoms in total. The third-order valence-electron chi connectivity index (χ3n) is 3.20. The average Bonchev–Trinajstić information content (AvgIpc) is 2.62. The number of alkyl halides is 2. The first-order valence-corrected chi connectivity index (χ1v) is 7.14. The molecule has 2 aromatic rings. The molecule has 0 amide bonds. The fourth-order valence-corrected chi connectivity index (χ4v) is 2.00. The van der Waals surface area contributed by atoms with Gasteiger partial charge < -0.3 is 4.74 Å². The van der Waals surface area contributed by atoms with Crippen molar-refractivity contribution in [1.82, 2.24) is 0 Å². The maximum atomic E-state index is 12.4. The van der Waals surface area contributed by atoms with Gasteiger partial charge in [-0.15, -0.1) is 0 Å². The number of halogens is 2. The smallest absolute Gasteiger partial charge is 0.387 e. The number of non-ortho nitro benzene ring substituents is 2. The van der Waals surface area contributed by atoms with Crippen molar-refractivity contribution in [3.8, 4) is 5.75 Å². The van der Waals surface area contributed by atoms with Crippen LogP contribution in [0.4, 0.5) is 31.5 Å². The Hall–Kier alpha value is -4.23. The van der Waals surface area contributed by atoms with E-state index < -0.39 is 44.2 Å². The first-order valence-electron chi connectivity index (χ1n) is 7.14. The first-order chi connectivity index (χ1) is 13.2. The van der Waals surface area contributed by atoms with Crippen molar-refractivity contribution in [3.05, 3.63) is 72.3 Å². The molecular formula is C14H9F2N5O7. The summed E-state index contributed by atoms with van der Waals surface area (Å²) in [5.41, 5.74) is 0.195. The highest BCUT2D eigenvalue weighted by atomic mass is 19.3. The highest BCUT2D eigenvalue weighted by molar-refractivity contribution is 5.85. The molecule has 0 saturated heterocycles. The van der Waals surface area contributed by atoms with Crippen molar-refractivity contribution in [1.29, 1.82) is 0 Å². The van der Waals surface area contributed by atoms with Crippen molar-refractivity contribution < 1.29 is 28.3 Å². The Morgan fingerprint density at radius 2 is 1.57 bits per heavy atom. The Labute approximate surface area is 153 Å². The topological polar surface area (TPSA) is 163 Å². The summed E-state index contributed by atoms with van der Waals surface area (Å²) >= 11 is 0. The molecule has 0 unspecified atom stereocenters. The molecule has 2 aromatic carbocycles. The summed E-state index contributed by atoms with van der Waals surface area (Å²) in [6, 6.07) is 5.52. The van der Waals surface area contributed by atoms with E-state index in [2.05, 4.69) is 15.3 Å². The SMILES string of the molecule is O=[N+]([O-])c1ccc(OC(F)F)c(/C=N/Nc2ccc([N+](=O)[O-])cc2[N+](=O)[O-])c1. The molecule has 28 heavy (non-hydrogen) atoms. The number of nitro groups is 3. The number of nitrogens with one attached hydrogen (secondary N) is 1. The third kappa shape index (κ3) is 4.90. The number of anilines is 1. The van der Waals surface area contributed by atoms with Crippen LogP contribution in [0, 0.1) is 30.3 Å². The monoisotopic (exact) mass is 397 g/mol. The van der Waals surface area contributed by atoms with Gasteiger partial charge in [0.1, 0.15) is 11.4 Å². The van der Waals surface area contributed by atoms with E-state index in [0.29, 0.717) is 6.07 Å². The Balaban J connectivity index is 2.33. The zero-order valence-corrected chi connectivity index (χ0v) is 13.5. The van der Waals surface area contributed by atoms with Crippen LogP contribution in [0.15, 0.2) is 41.5 Å². The Morgan fingerprint density at radius 3 is 2.14 bits per heavy atom. The van der Waals surface area contributed by atoms with Gasteiger partial charge in [-0.2, -0.15) is 13.9 Å². The second-order valence-corrected chi connectivity index (χ2v) is 4.94. The van der Waals surface area contributed by atoms with Crippen molar-refractivity contribution in [2.45, 2.75) is 6.61 Å². The van der Waals surface area contributed by atoms with Crippen LogP contribution in [0.3, 0.4) is 0 Å². The molecule has 2 rings (SSSR count). The molecular weight excluding hydrogens is 388 g/mol. The van der Waals surface area contributed by atoms with Crippen LogP contribution in [0.5, 0.6) is 5.75 Å². The normalized spacial score (nSPS) is 10.8. The maximum absolute atomic E-state index is 12.4. The average molecular weight is 397 g/mol. The number of ether oxygens (including phenoxy) is 1. The molecule has 146 valence electrons. The van der Waals surface area contributed by atoms with E-state index in [1.807, 2.05) is 0 Å². The second-order valence-electron chi connectivity index (χ2n) is 4.94. The molecule has 1 N–H and O–H groups in total. The van der Waals surface area contributed by atoms with Crippen molar-refractivity contribution in [2.24, 2.45) is 5.10 Å². The lowest BCUT2D eigenvalue weighted by Gasteiger charge is -2.07. The number of rotatable bonds is 8. The summed E-state index contributed by atoms with van der Waals surface area (Å²) < 4.78 is 29.1. The van der Waals surface area contributed by atoms with Crippen LogP contribution in [0.2, 0.25) is 0 Å². The Kier molecular flexibility index (Phi) is 6.05. The fraction of sp³-hybridized carbons (Fsp3) is 0.0714. The van der Waals surface area contributed by atoms with Crippen LogP contribution in [0.25, 0.3) is 0 Å². The maximum Gasteiger partial charge on any atom is 0.387 e. The molecule has 0 aliphatic rings. The predicted molar refractivity (Wildman–Crippen MR) is 90.7 cm³/mol. The van der Waals surface area contributed by atoms with Crippen LogP contribution >= 0.6 is 0 Å². The van der Waals surface area contributed by atoms with E-state index in [0.717, 1.165) is 36.5 Å². The Morgan fingerprint density at radius 1 is 0.964 bits per heavy atom. The molecule has 0 aromatic heterocycles. The van der Waals surface area contributed by atoms with Crippen molar-refractivity contribution in [3.63, 3.8) is 0 Å². The summed E-state index contributed by atoms with van der Waals surface area (Å²) in [6.45, 7) is -3.20. The summed E-state index contributed by atoms with van der Waals surface area (Å²) in [7, 11) is 0. The van der Waals surface area contributed by atoms with Gasteiger partial charge in [0.2, 0.25) is 0 Å². The standard InChI is InChI=1S/C14H9F2N5O7/c15-14(16)28-13-4-2-9(19(22)23)5-8(13)7-17-18-11-3-1-10(20(24)25)6-12(11)21(26)27/h1-7,14,18H/b17-7+. The predicted octanol–water partition coefficient (Wildman–Crippen LogP) is 3.46. The van der Waals surface area contributed by atoms with Gasteiger partial charge in [-0.1, -0.05) is 0 Å². The van der Waals surface area contributed by atoms with Crippen molar-refractivity contribution >= 4 is 29.0 Å². The molecule has 0 aliphatic heterocycles. The quantitative estimate of drug-likeness (QED) is 0.402. The summed E-state index contributed by atoms with van der Waals surface area (Å²) in [5, 5.41) is 36.2. The van der Waals surface area contributed by atoms with E-state index in [4.69, 9.17) is 0 Å². The lowest BCUT2D eigenvalue weighted by Crippen LogP contribution is -2.05. The molecule has 0 radical (unpaired) electrons. The zero-order valence-electron chi connectivity index (χ0n) is 13.5. The van der Waals surface area contributed by atoms with Gasteiger partial charge in [0.05, 0.1) is 27.1 Å². The van der Waals surface area contributed by atoms with E-state index in [-0.39, 0.29) is 11.3 Å². The summed E-state index contributed by atoms with van der Waals surface area (Å²) in [5.74, 6) is -0.413. The highest BCUT2D eigenvalue weighted by Crippen LogP contribution is 2.29. The molecule has 0 fully saturated rings. The van der Waals surface area contributed by atoms with Crippen molar-refractivity contribution in [2.75, 3.05) is 5.43 Å². The number of nitro benzene ring substituents is 3. The van der Waals surface area contributed by atoms with Gasteiger partial charge in [-0.3, -0.25) is 35.8 Å². The second kappa shape index (κ2) is 8.43. The number of hydrogen-bond donors (Lipinski definition) is 1. The number of benzene rings is 2. The fourth-order valence-electron chi connectivity index (χ4n) is 2.00. The molecule has 0 saturated carbocycles. The van der Waals surface area contributed by atoms with E-state index in [1.54, 1.807) is 0 Å². The van der Waals surface area contributed by atoms with Crippen LogP contribution in [-0.4, -0.2) is 27.6 Å². The lowest BCUT2D eigenvalue weighted by molar-refractivity contribution is -0.393. The zero-order chi connectivity index (χ0) is 20.8. The van der Waals surface area contributed by atoms with Crippen LogP contribution in [-0.2, 0) is 0 Å². The van der Waals surface area contributed by atoms with E-state index in [9.17, 15) is 39.1 Å². The lowest BCUT2D eigenvalue weighted by atomic mass is 10.2. The molecule has 0 spiro atoms. The van der Waals surface area contributed by atoms with Crippen LogP contribution in [0.1, 0.15) is 5.56 Å². The number of hydrogen-bond acceptors (Lipinski definition) is 9. The molecule has 0 aliphatic carbocycles.